The molecule has 3 rings (SSSR count). The highest BCUT2D eigenvalue weighted by Gasteiger charge is 2.31. The van der Waals surface area contributed by atoms with Gasteiger partial charge in [-0.3, -0.25) is 9.59 Å². The van der Waals surface area contributed by atoms with Crippen LogP contribution in [0.5, 0.6) is 5.75 Å². The van der Waals surface area contributed by atoms with E-state index in [0.717, 1.165) is 37.6 Å². The molecule has 0 bridgehead atoms. The molecule has 0 spiro atoms. The van der Waals surface area contributed by atoms with E-state index in [9.17, 15) is 9.59 Å². The van der Waals surface area contributed by atoms with Crippen molar-refractivity contribution in [2.75, 3.05) is 6.61 Å². The summed E-state index contributed by atoms with van der Waals surface area (Å²) in [6.45, 7) is 8.09. The van der Waals surface area contributed by atoms with Gasteiger partial charge in [-0.1, -0.05) is 81.2 Å². The summed E-state index contributed by atoms with van der Waals surface area (Å²) in [6.07, 6.45) is 1.21. The quantitative estimate of drug-likeness (QED) is 0.255. The maximum absolute atomic E-state index is 13.7. The second-order valence-corrected chi connectivity index (χ2v) is 11.0. The van der Waals surface area contributed by atoms with Crippen LogP contribution in [0.4, 0.5) is 0 Å². The minimum absolute atomic E-state index is 0.000344. The third kappa shape index (κ3) is 8.44. The van der Waals surface area contributed by atoms with Crippen molar-refractivity contribution in [3.8, 4) is 5.75 Å². The first-order chi connectivity index (χ1) is 17.7. The van der Waals surface area contributed by atoms with Crippen LogP contribution in [-0.2, 0) is 22.6 Å². The fourth-order valence-electron chi connectivity index (χ4n) is 4.00. The third-order valence-corrected chi connectivity index (χ3v) is 8.09. The molecular formula is C30H34Br2N2O3. The number of carbonyl (C=O) groups is 2. The molecule has 0 saturated carbocycles. The number of nitrogens with zero attached hydrogens (tertiary/aromatic N) is 1. The lowest BCUT2D eigenvalue weighted by molar-refractivity contribution is -0.143. The van der Waals surface area contributed by atoms with Gasteiger partial charge in [0.25, 0.3) is 5.91 Å². The van der Waals surface area contributed by atoms with Crippen LogP contribution in [0.2, 0.25) is 0 Å². The standard InChI is InChI=1S/C30H34Br2N2O3/c1-5-22(4)33-30(36)27(17-23-9-7-6-8-10-23)34(18-24-11-13-25(31)14-12-24)28(35)19-37-26-15-20(2)29(32)21(3)16-26/h6-16,22,27H,5,17-19H2,1-4H3,(H,33,36)/t22-,27-/m1/s1. The second kappa shape index (κ2) is 13.8. The number of hydrogen-bond donors (Lipinski definition) is 1. The van der Waals surface area contributed by atoms with Crippen LogP contribution in [0.1, 0.15) is 42.5 Å². The molecule has 0 radical (unpaired) electrons. The SMILES string of the molecule is CC[C@@H](C)NC(=O)[C@@H](Cc1ccccc1)N(Cc1ccc(Br)cc1)C(=O)COc1cc(C)c(Br)c(C)c1. The first-order valence-electron chi connectivity index (χ1n) is 12.5. The predicted molar refractivity (Wildman–Crippen MR) is 156 cm³/mol. The van der Waals surface area contributed by atoms with Gasteiger partial charge in [-0.05, 0) is 73.7 Å². The van der Waals surface area contributed by atoms with Gasteiger partial charge in [0.1, 0.15) is 11.8 Å². The van der Waals surface area contributed by atoms with Gasteiger partial charge in [-0.25, -0.2) is 0 Å². The van der Waals surface area contributed by atoms with Crippen molar-refractivity contribution in [2.45, 2.75) is 59.2 Å². The third-order valence-electron chi connectivity index (χ3n) is 6.31. The monoisotopic (exact) mass is 628 g/mol. The number of carbonyl (C=O) groups excluding carboxylic acids is 2. The molecule has 5 nitrogen and oxygen atoms in total. The lowest BCUT2D eigenvalue weighted by atomic mass is 10.0. The minimum Gasteiger partial charge on any atom is -0.484 e. The van der Waals surface area contributed by atoms with Crippen LogP contribution >= 0.6 is 31.9 Å². The highest BCUT2D eigenvalue weighted by Crippen LogP contribution is 2.26. The Labute approximate surface area is 236 Å². The Balaban J connectivity index is 1.92. The lowest BCUT2D eigenvalue weighted by Crippen LogP contribution is -2.53. The molecule has 196 valence electrons. The summed E-state index contributed by atoms with van der Waals surface area (Å²) in [5.41, 5.74) is 3.98. The summed E-state index contributed by atoms with van der Waals surface area (Å²) < 4.78 is 7.93. The average Bonchev–Trinajstić information content (AvgIpc) is 2.89. The maximum Gasteiger partial charge on any atom is 0.261 e. The van der Waals surface area contributed by atoms with E-state index >= 15 is 0 Å². The van der Waals surface area contributed by atoms with E-state index in [0.29, 0.717) is 18.7 Å². The molecule has 2 amide bonds. The van der Waals surface area contributed by atoms with Crippen molar-refractivity contribution in [2.24, 2.45) is 0 Å². The molecule has 1 N–H and O–H groups in total. The van der Waals surface area contributed by atoms with Crippen molar-refractivity contribution in [1.82, 2.24) is 10.2 Å². The van der Waals surface area contributed by atoms with Gasteiger partial charge >= 0.3 is 0 Å². The van der Waals surface area contributed by atoms with Gasteiger partial charge in [0.2, 0.25) is 5.91 Å². The van der Waals surface area contributed by atoms with Gasteiger partial charge in [0, 0.05) is 28.0 Å². The Bertz CT molecular complexity index is 1180. The summed E-state index contributed by atoms with van der Waals surface area (Å²) in [5, 5.41) is 3.09. The fourth-order valence-corrected chi connectivity index (χ4v) is 4.49. The Morgan fingerprint density at radius 3 is 2.16 bits per heavy atom. The predicted octanol–water partition coefficient (Wildman–Crippen LogP) is 6.76. The fraction of sp³-hybridized carbons (Fsp3) is 0.333. The van der Waals surface area contributed by atoms with E-state index in [2.05, 4.69) is 37.2 Å². The molecular weight excluding hydrogens is 596 g/mol. The van der Waals surface area contributed by atoms with Crippen LogP contribution < -0.4 is 10.1 Å². The van der Waals surface area contributed by atoms with Gasteiger partial charge in [-0.15, -0.1) is 0 Å². The van der Waals surface area contributed by atoms with E-state index in [-0.39, 0.29) is 24.5 Å². The van der Waals surface area contributed by atoms with E-state index in [1.807, 2.05) is 94.4 Å². The average molecular weight is 630 g/mol. The van der Waals surface area contributed by atoms with Crippen LogP contribution in [0.3, 0.4) is 0 Å². The first kappa shape index (κ1) is 28.9. The molecule has 0 fully saturated rings. The van der Waals surface area contributed by atoms with E-state index in [1.165, 1.54) is 0 Å². The first-order valence-corrected chi connectivity index (χ1v) is 14.0. The topological polar surface area (TPSA) is 58.6 Å². The summed E-state index contributed by atoms with van der Waals surface area (Å²) in [7, 11) is 0. The molecule has 3 aromatic rings. The number of halogens is 2. The number of hydrogen-bond acceptors (Lipinski definition) is 3. The Kier molecular flexibility index (Phi) is 10.8. The van der Waals surface area contributed by atoms with Gasteiger partial charge in [0.05, 0.1) is 0 Å². The van der Waals surface area contributed by atoms with E-state index in [1.54, 1.807) is 4.90 Å². The number of benzene rings is 3. The molecule has 0 aliphatic heterocycles. The number of amides is 2. The molecule has 0 aliphatic rings. The van der Waals surface area contributed by atoms with Crippen molar-refractivity contribution >= 4 is 43.7 Å². The zero-order chi connectivity index (χ0) is 26.9. The molecule has 0 heterocycles. The van der Waals surface area contributed by atoms with Crippen LogP contribution in [0, 0.1) is 13.8 Å². The molecule has 7 heteroatoms. The molecule has 0 unspecified atom stereocenters. The number of ether oxygens (including phenoxy) is 1. The van der Waals surface area contributed by atoms with Crippen molar-refractivity contribution in [1.29, 1.82) is 0 Å². The highest BCUT2D eigenvalue weighted by molar-refractivity contribution is 9.10. The molecule has 0 aliphatic carbocycles. The van der Waals surface area contributed by atoms with Crippen molar-refractivity contribution in [3.05, 3.63) is 97.9 Å². The highest BCUT2D eigenvalue weighted by atomic mass is 79.9. The van der Waals surface area contributed by atoms with Gasteiger partial charge in [0.15, 0.2) is 6.61 Å². The zero-order valence-corrected chi connectivity index (χ0v) is 24.9. The molecule has 0 saturated heterocycles. The van der Waals surface area contributed by atoms with Gasteiger partial charge < -0.3 is 15.0 Å². The summed E-state index contributed by atoms with van der Waals surface area (Å²) in [4.78, 5) is 28.9. The van der Waals surface area contributed by atoms with Crippen molar-refractivity contribution in [3.63, 3.8) is 0 Å². The second-order valence-electron chi connectivity index (χ2n) is 9.33. The number of rotatable bonds is 11. The molecule has 2 atom stereocenters. The largest absolute Gasteiger partial charge is 0.484 e. The molecule has 3 aromatic carbocycles. The lowest BCUT2D eigenvalue weighted by Gasteiger charge is -2.32. The van der Waals surface area contributed by atoms with Crippen LogP contribution in [-0.4, -0.2) is 35.4 Å². The normalized spacial score (nSPS) is 12.5. The smallest absolute Gasteiger partial charge is 0.261 e. The van der Waals surface area contributed by atoms with Crippen LogP contribution in [0.25, 0.3) is 0 Å². The molecule has 0 aromatic heterocycles. The van der Waals surface area contributed by atoms with E-state index in [4.69, 9.17) is 4.74 Å². The number of nitrogens with one attached hydrogen (secondary N) is 1. The van der Waals surface area contributed by atoms with Crippen LogP contribution in [0.15, 0.2) is 75.7 Å². The summed E-state index contributed by atoms with van der Waals surface area (Å²) >= 11 is 7.04. The summed E-state index contributed by atoms with van der Waals surface area (Å²) in [6, 6.07) is 20.7. The minimum atomic E-state index is -0.690. The molecule has 37 heavy (non-hydrogen) atoms. The zero-order valence-electron chi connectivity index (χ0n) is 21.8. The van der Waals surface area contributed by atoms with Gasteiger partial charge in [-0.2, -0.15) is 0 Å². The van der Waals surface area contributed by atoms with E-state index < -0.39 is 6.04 Å². The maximum atomic E-state index is 13.7. The Hall–Kier alpha value is -2.64. The van der Waals surface area contributed by atoms with Crippen molar-refractivity contribution < 1.29 is 14.3 Å². The number of aryl methyl sites for hydroxylation is 2. The summed E-state index contributed by atoms with van der Waals surface area (Å²) in [5.74, 6) is 0.208. The Morgan fingerprint density at radius 2 is 1.57 bits per heavy atom. The Morgan fingerprint density at radius 1 is 0.946 bits per heavy atom.